The van der Waals surface area contributed by atoms with Gasteiger partial charge in [0.1, 0.15) is 0 Å². The van der Waals surface area contributed by atoms with Crippen LogP contribution in [0.2, 0.25) is 0 Å². The van der Waals surface area contributed by atoms with Crippen molar-refractivity contribution in [2.45, 2.75) is 40.7 Å². The van der Waals surface area contributed by atoms with E-state index in [1.165, 1.54) is 6.07 Å². The van der Waals surface area contributed by atoms with Crippen LogP contribution < -0.4 is 10.1 Å². The highest BCUT2D eigenvalue weighted by atomic mass is 16.6. The zero-order valence-electron chi connectivity index (χ0n) is 12.2. The average Bonchev–Trinajstić information content (AvgIpc) is 2.28. The van der Waals surface area contributed by atoms with Gasteiger partial charge in [-0.15, -0.1) is 0 Å². The first-order valence-corrected chi connectivity index (χ1v) is 6.43. The van der Waals surface area contributed by atoms with Gasteiger partial charge in [-0.1, -0.05) is 20.8 Å². The number of benzene rings is 1. The maximum absolute atomic E-state index is 10.9. The fourth-order valence-electron chi connectivity index (χ4n) is 1.49. The molecule has 0 fully saturated rings. The molecule has 1 rings (SSSR count). The Labute approximate surface area is 114 Å². The van der Waals surface area contributed by atoms with Crippen LogP contribution >= 0.6 is 0 Å². The van der Waals surface area contributed by atoms with Crippen LogP contribution in [0.25, 0.3) is 0 Å². The zero-order valence-corrected chi connectivity index (χ0v) is 12.2. The lowest BCUT2D eigenvalue weighted by molar-refractivity contribution is -0.385. The molecule has 1 aromatic rings. The highest BCUT2D eigenvalue weighted by Gasteiger charge is 2.21. The van der Waals surface area contributed by atoms with Gasteiger partial charge in [0.05, 0.1) is 11.5 Å². The molecule has 5 nitrogen and oxygen atoms in total. The van der Waals surface area contributed by atoms with Gasteiger partial charge >= 0.3 is 5.69 Å². The van der Waals surface area contributed by atoms with Crippen molar-refractivity contribution in [3.63, 3.8) is 0 Å². The van der Waals surface area contributed by atoms with Crippen molar-refractivity contribution in [3.05, 3.63) is 28.3 Å². The first kappa shape index (κ1) is 15.3. The molecule has 1 aromatic carbocycles. The van der Waals surface area contributed by atoms with Crippen LogP contribution in [0.4, 0.5) is 11.4 Å². The van der Waals surface area contributed by atoms with E-state index < -0.39 is 4.92 Å². The van der Waals surface area contributed by atoms with E-state index in [-0.39, 0.29) is 17.1 Å². The molecule has 0 saturated carbocycles. The lowest BCUT2D eigenvalue weighted by atomic mass is 9.88. The summed E-state index contributed by atoms with van der Waals surface area (Å²) in [5.41, 5.74) is 0.931. The first-order chi connectivity index (χ1) is 8.75. The third-order valence-electron chi connectivity index (χ3n) is 3.14. The second kappa shape index (κ2) is 5.91. The minimum absolute atomic E-state index is 0.00388. The number of nitrogens with one attached hydrogen (secondary N) is 1. The van der Waals surface area contributed by atoms with Gasteiger partial charge in [-0.05, 0) is 25.3 Å². The Balaban J connectivity index is 2.99. The monoisotopic (exact) mass is 266 g/mol. The Bertz CT molecular complexity index is 452. The molecule has 0 bridgehead atoms. The smallest absolute Gasteiger partial charge is 0.311 e. The number of hydrogen-bond donors (Lipinski definition) is 1. The molecule has 0 spiro atoms. The molecule has 0 aliphatic rings. The average molecular weight is 266 g/mol. The van der Waals surface area contributed by atoms with Crippen molar-refractivity contribution in [1.82, 2.24) is 0 Å². The van der Waals surface area contributed by atoms with Gasteiger partial charge < -0.3 is 10.1 Å². The van der Waals surface area contributed by atoms with Crippen molar-refractivity contribution in [2.24, 2.45) is 5.41 Å². The van der Waals surface area contributed by atoms with Crippen molar-refractivity contribution < 1.29 is 9.66 Å². The largest absolute Gasteiger partial charge is 0.487 e. The maximum Gasteiger partial charge on any atom is 0.311 e. The summed E-state index contributed by atoms with van der Waals surface area (Å²) in [6, 6.07) is 5.11. The van der Waals surface area contributed by atoms with Gasteiger partial charge in [0.2, 0.25) is 0 Å². The molecule has 19 heavy (non-hydrogen) atoms. The molecular weight excluding hydrogens is 244 g/mol. The summed E-state index contributed by atoms with van der Waals surface area (Å²) >= 11 is 0. The van der Waals surface area contributed by atoms with E-state index in [1.54, 1.807) is 12.1 Å². The Morgan fingerprint density at radius 2 is 2.05 bits per heavy atom. The Kier molecular flexibility index (Phi) is 4.75. The number of nitrogens with zero attached hydrogens (tertiary/aromatic N) is 1. The molecule has 0 amide bonds. The third-order valence-corrected chi connectivity index (χ3v) is 3.14. The predicted octanol–water partition coefficient (Wildman–Crippen LogP) is 3.84. The quantitative estimate of drug-likeness (QED) is 0.649. The van der Waals surface area contributed by atoms with Crippen molar-refractivity contribution in [2.75, 3.05) is 11.9 Å². The number of ether oxygens (including phenoxy) is 1. The Hall–Kier alpha value is -1.78. The van der Waals surface area contributed by atoms with E-state index in [9.17, 15) is 10.1 Å². The summed E-state index contributed by atoms with van der Waals surface area (Å²) in [4.78, 5) is 10.5. The van der Waals surface area contributed by atoms with Gasteiger partial charge in [0.25, 0.3) is 0 Å². The summed E-state index contributed by atoms with van der Waals surface area (Å²) in [6.07, 6.45) is 0. The summed E-state index contributed by atoms with van der Waals surface area (Å²) in [5.74, 6) is 0.304. The summed E-state index contributed by atoms with van der Waals surface area (Å²) in [7, 11) is 0. The van der Waals surface area contributed by atoms with E-state index in [4.69, 9.17) is 4.74 Å². The van der Waals surface area contributed by atoms with Gasteiger partial charge in [-0.2, -0.15) is 0 Å². The van der Waals surface area contributed by atoms with E-state index in [2.05, 4.69) is 33.0 Å². The number of hydrogen-bond acceptors (Lipinski definition) is 4. The minimum Gasteiger partial charge on any atom is -0.487 e. The maximum atomic E-state index is 10.9. The molecule has 0 heterocycles. The van der Waals surface area contributed by atoms with Crippen molar-refractivity contribution >= 4 is 11.4 Å². The minimum atomic E-state index is -0.429. The molecule has 1 N–H and O–H groups in total. The second-order valence-corrected chi connectivity index (χ2v) is 5.60. The molecule has 0 aliphatic heterocycles. The van der Waals surface area contributed by atoms with Crippen LogP contribution in [-0.4, -0.2) is 17.6 Å². The molecule has 0 aromatic heterocycles. The first-order valence-electron chi connectivity index (χ1n) is 6.43. The van der Waals surface area contributed by atoms with Gasteiger partial charge in [-0.25, -0.2) is 0 Å². The van der Waals surface area contributed by atoms with Crippen LogP contribution in [0.3, 0.4) is 0 Å². The Morgan fingerprint density at radius 1 is 1.42 bits per heavy atom. The topological polar surface area (TPSA) is 64.4 Å². The number of nitro groups is 1. The van der Waals surface area contributed by atoms with Gasteiger partial charge in [0.15, 0.2) is 5.75 Å². The number of nitro benzene ring substituents is 1. The summed E-state index contributed by atoms with van der Waals surface area (Å²) < 4.78 is 5.32. The molecule has 0 saturated heterocycles. The molecule has 106 valence electrons. The highest BCUT2D eigenvalue weighted by Crippen LogP contribution is 2.31. The van der Waals surface area contributed by atoms with Gasteiger partial charge in [0, 0.05) is 23.9 Å². The SMILES string of the molecule is CCOc1cc(NC(C)C(C)(C)C)ccc1[N+](=O)[O-]. The van der Waals surface area contributed by atoms with E-state index >= 15 is 0 Å². The molecule has 1 atom stereocenters. The molecule has 1 unspecified atom stereocenters. The normalized spacial score (nSPS) is 12.9. The predicted molar refractivity (Wildman–Crippen MR) is 76.8 cm³/mol. The summed E-state index contributed by atoms with van der Waals surface area (Å²) in [6.45, 7) is 10.7. The van der Waals surface area contributed by atoms with E-state index in [1.807, 2.05) is 6.92 Å². The lowest BCUT2D eigenvalue weighted by Gasteiger charge is -2.29. The fourth-order valence-corrected chi connectivity index (χ4v) is 1.49. The summed E-state index contributed by atoms with van der Waals surface area (Å²) in [5, 5.41) is 14.2. The van der Waals surface area contributed by atoms with E-state index in [0.717, 1.165) is 5.69 Å². The molecule has 5 heteroatoms. The van der Waals surface area contributed by atoms with Crippen LogP contribution in [-0.2, 0) is 0 Å². The third kappa shape index (κ3) is 4.12. The van der Waals surface area contributed by atoms with Crippen LogP contribution in [0.15, 0.2) is 18.2 Å². The second-order valence-electron chi connectivity index (χ2n) is 5.60. The lowest BCUT2D eigenvalue weighted by Crippen LogP contribution is -2.30. The van der Waals surface area contributed by atoms with Crippen molar-refractivity contribution in [1.29, 1.82) is 0 Å². The molecule has 0 aliphatic carbocycles. The van der Waals surface area contributed by atoms with Crippen LogP contribution in [0.5, 0.6) is 5.75 Å². The van der Waals surface area contributed by atoms with Gasteiger partial charge in [-0.3, -0.25) is 10.1 Å². The van der Waals surface area contributed by atoms with Crippen LogP contribution in [0, 0.1) is 15.5 Å². The van der Waals surface area contributed by atoms with E-state index in [0.29, 0.717) is 12.4 Å². The number of anilines is 1. The number of rotatable bonds is 5. The standard InChI is InChI=1S/C14H22N2O3/c1-6-19-13-9-11(7-8-12(13)16(17)18)15-10(2)14(3,4)5/h7-10,15H,6H2,1-5H3. The van der Waals surface area contributed by atoms with Crippen LogP contribution in [0.1, 0.15) is 34.6 Å². The zero-order chi connectivity index (χ0) is 14.6. The molecule has 0 radical (unpaired) electrons. The highest BCUT2D eigenvalue weighted by molar-refractivity contribution is 5.58. The Morgan fingerprint density at radius 3 is 2.53 bits per heavy atom. The fraction of sp³-hybridized carbons (Fsp3) is 0.571. The van der Waals surface area contributed by atoms with Crippen molar-refractivity contribution in [3.8, 4) is 5.75 Å². The molecular formula is C14H22N2O3.